The molecule has 0 fully saturated rings. The van der Waals surface area contributed by atoms with Crippen LogP contribution in [0.1, 0.15) is 18.0 Å². The van der Waals surface area contributed by atoms with Crippen LogP contribution in [0.3, 0.4) is 0 Å². The van der Waals surface area contributed by atoms with Crippen molar-refractivity contribution in [2.45, 2.75) is 12.5 Å². The molecule has 1 N–H and O–H groups in total. The van der Waals surface area contributed by atoms with E-state index < -0.39 is 0 Å². The summed E-state index contributed by atoms with van der Waals surface area (Å²) in [6, 6.07) is 10.5. The molecule has 1 aliphatic heterocycles. The van der Waals surface area contributed by atoms with Gasteiger partial charge in [-0.2, -0.15) is 0 Å². The highest BCUT2D eigenvalue weighted by Crippen LogP contribution is 2.41. The third-order valence-electron chi connectivity index (χ3n) is 4.91. The number of rotatable bonds is 4. The number of hydrogen-bond acceptors (Lipinski definition) is 7. The molecule has 1 atom stereocenters. The van der Waals surface area contributed by atoms with Crippen LogP contribution < -0.4 is 10.1 Å². The molecular formula is C20H20N6OS. The van der Waals surface area contributed by atoms with Gasteiger partial charge in [-0.3, -0.25) is 4.98 Å². The van der Waals surface area contributed by atoms with Crippen LogP contribution in [0.2, 0.25) is 0 Å². The summed E-state index contributed by atoms with van der Waals surface area (Å²) in [6.07, 6.45) is 6.48. The first kappa shape index (κ1) is 17.2. The van der Waals surface area contributed by atoms with E-state index in [4.69, 9.17) is 4.74 Å². The maximum Gasteiger partial charge on any atom is 0.214 e. The van der Waals surface area contributed by atoms with E-state index in [1.807, 2.05) is 24.4 Å². The zero-order valence-electron chi connectivity index (χ0n) is 15.7. The van der Waals surface area contributed by atoms with E-state index in [1.54, 1.807) is 16.9 Å². The van der Waals surface area contributed by atoms with E-state index in [1.165, 1.54) is 16.9 Å². The van der Waals surface area contributed by atoms with Crippen LogP contribution in [0.15, 0.2) is 48.9 Å². The largest absolute Gasteiger partial charge is 0.491 e. The SMILES string of the molecule is CN(C)C1CCOc2c(Nc3nn4cc(-c5cccnc5)nc4s3)cccc21. The molecule has 0 saturated heterocycles. The van der Waals surface area contributed by atoms with Crippen molar-refractivity contribution in [2.75, 3.05) is 26.0 Å². The number of benzene rings is 1. The van der Waals surface area contributed by atoms with E-state index >= 15 is 0 Å². The molecule has 5 rings (SSSR count). The minimum absolute atomic E-state index is 0.362. The first-order valence-corrected chi connectivity index (χ1v) is 9.96. The predicted molar refractivity (Wildman–Crippen MR) is 110 cm³/mol. The second-order valence-electron chi connectivity index (χ2n) is 6.97. The molecule has 1 aliphatic rings. The first-order chi connectivity index (χ1) is 13.7. The fourth-order valence-corrected chi connectivity index (χ4v) is 4.35. The lowest BCUT2D eigenvalue weighted by atomic mass is 9.99. The van der Waals surface area contributed by atoms with Crippen LogP contribution in [0.5, 0.6) is 5.75 Å². The Bertz CT molecular complexity index is 1090. The second-order valence-corrected chi connectivity index (χ2v) is 7.92. The van der Waals surface area contributed by atoms with Crippen molar-refractivity contribution in [1.29, 1.82) is 0 Å². The van der Waals surface area contributed by atoms with Crippen molar-refractivity contribution in [3.05, 3.63) is 54.5 Å². The minimum atomic E-state index is 0.362. The van der Waals surface area contributed by atoms with E-state index in [0.29, 0.717) is 12.6 Å². The number of nitrogens with zero attached hydrogens (tertiary/aromatic N) is 5. The van der Waals surface area contributed by atoms with Crippen LogP contribution in [0.25, 0.3) is 16.2 Å². The zero-order valence-corrected chi connectivity index (χ0v) is 16.5. The Hall–Kier alpha value is -2.97. The number of para-hydroxylation sites is 1. The lowest BCUT2D eigenvalue weighted by Gasteiger charge is -2.31. The molecule has 142 valence electrons. The average Bonchev–Trinajstić information content (AvgIpc) is 3.27. The minimum Gasteiger partial charge on any atom is -0.491 e. The van der Waals surface area contributed by atoms with Gasteiger partial charge in [0.1, 0.15) is 5.75 Å². The van der Waals surface area contributed by atoms with Gasteiger partial charge in [0.25, 0.3) is 0 Å². The lowest BCUT2D eigenvalue weighted by molar-refractivity contribution is 0.190. The predicted octanol–water partition coefficient (Wildman–Crippen LogP) is 3.98. The van der Waals surface area contributed by atoms with E-state index in [9.17, 15) is 0 Å². The molecule has 1 aromatic carbocycles. The average molecular weight is 392 g/mol. The van der Waals surface area contributed by atoms with Crippen LogP contribution >= 0.6 is 11.3 Å². The molecule has 4 aromatic rings. The van der Waals surface area contributed by atoms with Gasteiger partial charge in [0.15, 0.2) is 0 Å². The molecule has 0 spiro atoms. The Kier molecular flexibility index (Phi) is 4.22. The Morgan fingerprint density at radius 2 is 2.18 bits per heavy atom. The number of aromatic nitrogens is 4. The highest BCUT2D eigenvalue weighted by atomic mass is 32.1. The summed E-state index contributed by atoms with van der Waals surface area (Å²) in [5, 5.41) is 8.83. The summed E-state index contributed by atoms with van der Waals surface area (Å²) in [7, 11) is 4.21. The summed E-state index contributed by atoms with van der Waals surface area (Å²) < 4.78 is 7.80. The fourth-order valence-electron chi connectivity index (χ4n) is 3.56. The van der Waals surface area contributed by atoms with Crippen LogP contribution in [0.4, 0.5) is 10.8 Å². The van der Waals surface area contributed by atoms with Crippen molar-refractivity contribution in [3.63, 3.8) is 0 Å². The van der Waals surface area contributed by atoms with Crippen molar-refractivity contribution >= 4 is 27.1 Å². The molecule has 28 heavy (non-hydrogen) atoms. The van der Waals surface area contributed by atoms with Gasteiger partial charge in [0.05, 0.1) is 24.2 Å². The second kappa shape index (κ2) is 6.88. The van der Waals surface area contributed by atoms with Crippen LogP contribution in [0, 0.1) is 0 Å². The number of fused-ring (bicyclic) bond motifs is 2. The monoisotopic (exact) mass is 392 g/mol. The van der Waals surface area contributed by atoms with Gasteiger partial charge in [-0.15, -0.1) is 5.10 Å². The summed E-state index contributed by atoms with van der Waals surface area (Å²) in [6.45, 7) is 0.713. The molecule has 7 nitrogen and oxygen atoms in total. The van der Waals surface area contributed by atoms with Gasteiger partial charge < -0.3 is 15.0 Å². The summed E-state index contributed by atoms with van der Waals surface area (Å²) in [5.74, 6) is 0.913. The summed E-state index contributed by atoms with van der Waals surface area (Å²) in [4.78, 5) is 11.9. The number of imidazole rings is 1. The van der Waals surface area contributed by atoms with Crippen LogP contribution in [-0.4, -0.2) is 45.2 Å². The number of pyridine rings is 1. The number of hydrogen-bond donors (Lipinski definition) is 1. The number of ether oxygens (including phenoxy) is 1. The number of anilines is 2. The molecule has 0 saturated carbocycles. The zero-order chi connectivity index (χ0) is 19.1. The molecule has 8 heteroatoms. The highest BCUT2D eigenvalue weighted by Gasteiger charge is 2.25. The van der Waals surface area contributed by atoms with Crippen molar-refractivity contribution in [2.24, 2.45) is 0 Å². The first-order valence-electron chi connectivity index (χ1n) is 9.15. The van der Waals surface area contributed by atoms with Crippen molar-refractivity contribution in [1.82, 2.24) is 24.5 Å². The maximum atomic E-state index is 6.00. The van der Waals surface area contributed by atoms with E-state index in [0.717, 1.165) is 39.2 Å². The molecule has 4 heterocycles. The smallest absolute Gasteiger partial charge is 0.214 e. The van der Waals surface area contributed by atoms with Crippen molar-refractivity contribution in [3.8, 4) is 17.0 Å². The van der Waals surface area contributed by atoms with Crippen molar-refractivity contribution < 1.29 is 4.74 Å². The normalized spacial score (nSPS) is 16.2. The molecule has 3 aromatic heterocycles. The van der Waals surface area contributed by atoms with Gasteiger partial charge >= 0.3 is 0 Å². The summed E-state index contributed by atoms with van der Waals surface area (Å²) >= 11 is 1.51. The third-order valence-corrected chi connectivity index (χ3v) is 5.75. The van der Waals surface area contributed by atoms with Gasteiger partial charge in [-0.25, -0.2) is 9.50 Å². The van der Waals surface area contributed by atoms with Gasteiger partial charge in [-0.1, -0.05) is 23.5 Å². The topological polar surface area (TPSA) is 67.6 Å². The molecule has 0 amide bonds. The maximum absolute atomic E-state index is 6.00. The number of nitrogens with one attached hydrogen (secondary N) is 1. The molecule has 0 radical (unpaired) electrons. The molecule has 1 unspecified atom stereocenters. The molecule has 0 aliphatic carbocycles. The highest BCUT2D eigenvalue weighted by molar-refractivity contribution is 7.20. The van der Waals surface area contributed by atoms with Gasteiger partial charge in [0.2, 0.25) is 10.1 Å². The van der Waals surface area contributed by atoms with Gasteiger partial charge in [-0.05, 0) is 32.3 Å². The van der Waals surface area contributed by atoms with Crippen LogP contribution in [-0.2, 0) is 0 Å². The van der Waals surface area contributed by atoms with E-state index in [-0.39, 0.29) is 0 Å². The summed E-state index contributed by atoms with van der Waals surface area (Å²) in [5.41, 5.74) is 4.00. The Morgan fingerprint density at radius 1 is 1.25 bits per heavy atom. The quantitative estimate of drug-likeness (QED) is 0.567. The molecular weight excluding hydrogens is 372 g/mol. The Balaban J connectivity index is 1.45. The third kappa shape index (κ3) is 3.00. The molecule has 0 bridgehead atoms. The lowest BCUT2D eigenvalue weighted by Crippen LogP contribution is -2.26. The van der Waals surface area contributed by atoms with E-state index in [2.05, 4.69) is 51.5 Å². The Labute approximate surface area is 166 Å². The Morgan fingerprint density at radius 3 is 2.96 bits per heavy atom. The fraction of sp³-hybridized carbons (Fsp3) is 0.250. The van der Waals surface area contributed by atoms with Gasteiger partial charge in [0, 0.05) is 36.0 Å². The standard InChI is InChI=1S/C20H20N6OS/c1-25(2)17-8-10-27-18-14(17)6-3-7-15(18)22-19-24-26-12-16(23-20(26)28-19)13-5-4-9-21-11-13/h3-7,9,11-12,17H,8,10H2,1-2H3,(H,22,24).